The summed E-state index contributed by atoms with van der Waals surface area (Å²) < 4.78 is 5.01. The first-order chi connectivity index (χ1) is 11.0. The Morgan fingerprint density at radius 2 is 1.52 bits per heavy atom. The van der Waals surface area contributed by atoms with Crippen molar-refractivity contribution >= 4 is 12.0 Å². The second kappa shape index (κ2) is 7.69. The van der Waals surface area contributed by atoms with Gasteiger partial charge in [-0.3, -0.25) is 4.79 Å². The molecule has 0 saturated carbocycles. The number of phenols is 2. The number of ether oxygens (including phenoxy) is 1. The lowest BCUT2D eigenvalue weighted by Crippen LogP contribution is -2.36. The molecular formula is C16H16N2O5. The van der Waals surface area contributed by atoms with Gasteiger partial charge in [-0.1, -0.05) is 18.2 Å². The van der Waals surface area contributed by atoms with Crippen LogP contribution in [0.1, 0.15) is 10.4 Å². The summed E-state index contributed by atoms with van der Waals surface area (Å²) in [6.45, 7) is 0.335. The number of amides is 2. The van der Waals surface area contributed by atoms with Gasteiger partial charge in [0.15, 0.2) is 0 Å². The monoisotopic (exact) mass is 316 g/mol. The maximum atomic E-state index is 11.8. The molecule has 2 aromatic carbocycles. The van der Waals surface area contributed by atoms with Crippen molar-refractivity contribution in [3.05, 3.63) is 54.1 Å². The van der Waals surface area contributed by atoms with E-state index in [4.69, 9.17) is 4.74 Å². The number of carbonyl (C=O) groups is 2. The van der Waals surface area contributed by atoms with E-state index in [1.54, 1.807) is 30.3 Å². The first-order valence-corrected chi connectivity index (χ1v) is 6.86. The minimum absolute atomic E-state index is 0.120. The molecule has 0 radical (unpaired) electrons. The molecule has 0 atom stereocenters. The normalized spacial score (nSPS) is 9.91. The van der Waals surface area contributed by atoms with E-state index in [1.807, 2.05) is 0 Å². The third-order valence-electron chi connectivity index (χ3n) is 2.80. The molecule has 0 aliphatic carbocycles. The van der Waals surface area contributed by atoms with Crippen molar-refractivity contribution in [3.8, 4) is 17.2 Å². The van der Waals surface area contributed by atoms with Crippen LogP contribution < -0.4 is 15.4 Å². The van der Waals surface area contributed by atoms with Crippen LogP contribution in [-0.4, -0.2) is 35.3 Å². The first-order valence-electron chi connectivity index (χ1n) is 6.86. The van der Waals surface area contributed by atoms with Gasteiger partial charge < -0.3 is 25.6 Å². The molecule has 0 fully saturated rings. The molecule has 0 saturated heterocycles. The van der Waals surface area contributed by atoms with E-state index >= 15 is 0 Å². The zero-order chi connectivity index (χ0) is 16.7. The highest BCUT2D eigenvalue weighted by molar-refractivity contribution is 5.95. The number of aromatic hydroxyl groups is 2. The Bertz CT molecular complexity index is 668. The molecule has 23 heavy (non-hydrogen) atoms. The standard InChI is InChI=1S/C16H16N2O5/c19-12-8-11(9-13(20)10-12)15(21)17-6-7-18-16(22)23-14-4-2-1-3-5-14/h1-5,8-10,19-20H,6-7H2,(H,17,21)(H,18,22). The third kappa shape index (κ3) is 5.24. The van der Waals surface area contributed by atoms with Crippen LogP contribution in [0, 0.1) is 0 Å². The van der Waals surface area contributed by atoms with Crippen molar-refractivity contribution in [2.45, 2.75) is 0 Å². The summed E-state index contributed by atoms with van der Waals surface area (Å²) in [6, 6.07) is 12.2. The van der Waals surface area contributed by atoms with Gasteiger partial charge in [0.25, 0.3) is 5.91 Å². The number of rotatable bonds is 5. The van der Waals surface area contributed by atoms with E-state index in [0.29, 0.717) is 5.75 Å². The number of benzene rings is 2. The van der Waals surface area contributed by atoms with Crippen LogP contribution in [0.5, 0.6) is 17.2 Å². The van der Waals surface area contributed by atoms with Crippen molar-refractivity contribution < 1.29 is 24.5 Å². The Hall–Kier alpha value is -3.22. The molecule has 0 unspecified atom stereocenters. The van der Waals surface area contributed by atoms with Crippen LogP contribution in [0.25, 0.3) is 0 Å². The highest BCUT2D eigenvalue weighted by atomic mass is 16.6. The van der Waals surface area contributed by atoms with E-state index in [-0.39, 0.29) is 30.2 Å². The van der Waals surface area contributed by atoms with Crippen LogP contribution in [0.15, 0.2) is 48.5 Å². The minimum Gasteiger partial charge on any atom is -0.508 e. The van der Waals surface area contributed by atoms with Gasteiger partial charge in [-0.15, -0.1) is 0 Å². The highest BCUT2D eigenvalue weighted by Gasteiger charge is 2.08. The van der Waals surface area contributed by atoms with E-state index < -0.39 is 12.0 Å². The van der Waals surface area contributed by atoms with Gasteiger partial charge in [-0.25, -0.2) is 4.79 Å². The van der Waals surface area contributed by atoms with Gasteiger partial charge in [0.1, 0.15) is 17.2 Å². The predicted octanol–water partition coefficient (Wildman–Crippen LogP) is 1.62. The van der Waals surface area contributed by atoms with Crippen molar-refractivity contribution in [2.24, 2.45) is 0 Å². The maximum absolute atomic E-state index is 11.8. The molecule has 4 N–H and O–H groups in total. The van der Waals surface area contributed by atoms with E-state index in [0.717, 1.165) is 6.07 Å². The summed E-state index contributed by atoms with van der Waals surface area (Å²) in [7, 11) is 0. The molecule has 120 valence electrons. The molecule has 0 aliphatic heterocycles. The van der Waals surface area contributed by atoms with Gasteiger partial charge in [-0.05, 0) is 24.3 Å². The Morgan fingerprint density at radius 3 is 2.17 bits per heavy atom. The molecular weight excluding hydrogens is 300 g/mol. The fourth-order valence-electron chi connectivity index (χ4n) is 1.80. The Kier molecular flexibility index (Phi) is 5.40. The first kappa shape index (κ1) is 16.2. The smallest absolute Gasteiger partial charge is 0.412 e. The quantitative estimate of drug-likeness (QED) is 0.627. The molecule has 2 rings (SSSR count). The van der Waals surface area contributed by atoms with E-state index in [9.17, 15) is 19.8 Å². The fraction of sp³-hybridized carbons (Fsp3) is 0.125. The maximum Gasteiger partial charge on any atom is 0.412 e. The van der Waals surface area contributed by atoms with Gasteiger partial charge >= 0.3 is 6.09 Å². The van der Waals surface area contributed by atoms with Crippen LogP contribution in [-0.2, 0) is 0 Å². The highest BCUT2D eigenvalue weighted by Crippen LogP contribution is 2.20. The number of phenolic OH excluding ortho intramolecular Hbond substituents is 2. The number of hydrogen-bond acceptors (Lipinski definition) is 5. The SMILES string of the molecule is O=C(NCCNC(=O)c1cc(O)cc(O)c1)Oc1ccccc1. The second-order valence-electron chi connectivity index (χ2n) is 4.62. The van der Waals surface area contributed by atoms with Crippen molar-refractivity contribution in [2.75, 3.05) is 13.1 Å². The van der Waals surface area contributed by atoms with Crippen molar-refractivity contribution in [1.29, 1.82) is 0 Å². The number of nitrogens with one attached hydrogen (secondary N) is 2. The number of hydrogen-bond donors (Lipinski definition) is 4. The second-order valence-corrected chi connectivity index (χ2v) is 4.62. The lowest BCUT2D eigenvalue weighted by atomic mass is 10.2. The topological polar surface area (TPSA) is 108 Å². The number of carbonyl (C=O) groups excluding carboxylic acids is 2. The molecule has 7 heteroatoms. The zero-order valence-electron chi connectivity index (χ0n) is 12.2. The summed E-state index contributed by atoms with van der Waals surface area (Å²) in [4.78, 5) is 23.3. The molecule has 0 heterocycles. The lowest BCUT2D eigenvalue weighted by Gasteiger charge is -2.08. The van der Waals surface area contributed by atoms with Crippen LogP contribution in [0.2, 0.25) is 0 Å². The zero-order valence-corrected chi connectivity index (χ0v) is 12.2. The predicted molar refractivity (Wildman–Crippen MR) is 82.6 cm³/mol. The van der Waals surface area contributed by atoms with Gasteiger partial charge in [0.05, 0.1) is 0 Å². The van der Waals surface area contributed by atoms with E-state index in [2.05, 4.69) is 10.6 Å². The summed E-state index contributed by atoms with van der Waals surface area (Å²) in [5.74, 6) is -0.474. The van der Waals surface area contributed by atoms with Gasteiger partial charge in [0.2, 0.25) is 0 Å². The Balaban J connectivity index is 1.72. The van der Waals surface area contributed by atoms with Crippen LogP contribution in [0.3, 0.4) is 0 Å². The van der Waals surface area contributed by atoms with Crippen LogP contribution in [0.4, 0.5) is 4.79 Å². The third-order valence-corrected chi connectivity index (χ3v) is 2.80. The van der Waals surface area contributed by atoms with Crippen molar-refractivity contribution in [1.82, 2.24) is 10.6 Å². The Morgan fingerprint density at radius 1 is 0.913 bits per heavy atom. The minimum atomic E-state index is -0.625. The average molecular weight is 316 g/mol. The number of para-hydroxylation sites is 1. The summed E-state index contributed by atoms with van der Waals surface area (Å²) >= 11 is 0. The average Bonchev–Trinajstić information content (AvgIpc) is 2.51. The molecule has 2 amide bonds. The largest absolute Gasteiger partial charge is 0.508 e. The molecule has 0 spiro atoms. The summed E-state index contributed by atoms with van der Waals surface area (Å²) in [6.07, 6.45) is -0.625. The van der Waals surface area contributed by atoms with Crippen molar-refractivity contribution in [3.63, 3.8) is 0 Å². The summed E-state index contributed by atoms with van der Waals surface area (Å²) in [5.41, 5.74) is 0.120. The molecule has 0 bridgehead atoms. The molecule has 0 aliphatic rings. The fourth-order valence-corrected chi connectivity index (χ4v) is 1.80. The molecule has 2 aromatic rings. The molecule has 7 nitrogen and oxygen atoms in total. The van der Waals surface area contributed by atoms with E-state index in [1.165, 1.54) is 12.1 Å². The van der Waals surface area contributed by atoms with Gasteiger partial charge in [-0.2, -0.15) is 0 Å². The molecule has 0 aromatic heterocycles. The van der Waals surface area contributed by atoms with Crippen LogP contribution >= 0.6 is 0 Å². The summed E-state index contributed by atoms with van der Waals surface area (Å²) in [5, 5.41) is 23.7. The Labute approximate surface area is 132 Å². The lowest BCUT2D eigenvalue weighted by molar-refractivity contribution is 0.0952. The van der Waals surface area contributed by atoms with Gasteiger partial charge in [0, 0.05) is 24.7 Å².